The first-order valence-electron chi connectivity index (χ1n) is 6.73. The highest BCUT2D eigenvalue weighted by atomic mass is 16.4. The van der Waals surface area contributed by atoms with Gasteiger partial charge in [0.25, 0.3) is 5.91 Å². The van der Waals surface area contributed by atoms with Gasteiger partial charge in [-0.1, -0.05) is 0 Å². The van der Waals surface area contributed by atoms with E-state index in [1.54, 1.807) is 33.8 Å². The van der Waals surface area contributed by atoms with Gasteiger partial charge in [-0.25, -0.2) is 0 Å². The van der Waals surface area contributed by atoms with E-state index in [-0.39, 0.29) is 11.9 Å². The number of carboxylic acids is 1. The fraction of sp³-hybridized carbons (Fsp3) is 0.600. The molecule has 0 atom stereocenters. The lowest BCUT2D eigenvalue weighted by Gasteiger charge is -2.38. The van der Waals surface area contributed by atoms with Gasteiger partial charge in [0.15, 0.2) is 0 Å². The van der Waals surface area contributed by atoms with Crippen molar-refractivity contribution in [1.82, 2.24) is 9.88 Å². The monoisotopic (exact) mass is 280 g/mol. The van der Waals surface area contributed by atoms with Gasteiger partial charge in [0.2, 0.25) is 0 Å². The van der Waals surface area contributed by atoms with Crippen molar-refractivity contribution < 1.29 is 14.7 Å². The highest BCUT2D eigenvalue weighted by Gasteiger charge is 2.44. The van der Waals surface area contributed by atoms with Crippen LogP contribution >= 0.6 is 0 Å². The number of carbonyl (C=O) groups excluding carboxylic acids is 1. The van der Waals surface area contributed by atoms with E-state index in [1.807, 2.05) is 30.7 Å². The Morgan fingerprint density at radius 2 is 1.80 bits per heavy atom. The third-order valence-corrected chi connectivity index (χ3v) is 4.09. The molecule has 112 valence electrons. The maximum atomic E-state index is 12.4. The molecule has 0 aliphatic rings. The molecule has 0 fully saturated rings. The lowest BCUT2D eigenvalue weighted by atomic mass is 9.74. The van der Waals surface area contributed by atoms with Crippen molar-refractivity contribution in [2.45, 2.75) is 53.1 Å². The zero-order valence-corrected chi connectivity index (χ0v) is 13.0. The first kappa shape index (κ1) is 16.3. The minimum atomic E-state index is -1.07. The fourth-order valence-electron chi connectivity index (χ4n) is 1.81. The zero-order chi connectivity index (χ0) is 15.7. The molecule has 0 bridgehead atoms. The maximum Gasteiger partial charge on any atom is 0.311 e. The van der Waals surface area contributed by atoms with Gasteiger partial charge < -0.3 is 15.0 Å². The lowest BCUT2D eigenvalue weighted by Crippen LogP contribution is -2.57. The van der Waals surface area contributed by atoms with E-state index in [0.29, 0.717) is 5.69 Å². The largest absolute Gasteiger partial charge is 0.481 e. The second-order valence-electron chi connectivity index (χ2n) is 6.40. The normalized spacial score (nSPS) is 12.6. The molecule has 5 nitrogen and oxygen atoms in total. The number of hydrogen-bond acceptors (Lipinski definition) is 2. The van der Waals surface area contributed by atoms with E-state index < -0.39 is 16.9 Å². The van der Waals surface area contributed by atoms with Crippen LogP contribution in [-0.2, 0) is 4.79 Å². The molecule has 0 spiro atoms. The second-order valence-corrected chi connectivity index (χ2v) is 6.40. The standard InChI is InChI=1S/C15H24N2O3/c1-10(2)17-9-7-8-11(17)12(18)16-15(5,6)14(3,4)13(19)20/h7-10H,1-6H3,(H,16,18)(H,19,20). The third kappa shape index (κ3) is 2.86. The fourth-order valence-corrected chi connectivity index (χ4v) is 1.81. The van der Waals surface area contributed by atoms with Crippen molar-refractivity contribution >= 4 is 11.9 Å². The van der Waals surface area contributed by atoms with Crippen LogP contribution in [0.5, 0.6) is 0 Å². The second kappa shape index (κ2) is 5.31. The smallest absolute Gasteiger partial charge is 0.311 e. The van der Waals surface area contributed by atoms with Crippen molar-refractivity contribution in [1.29, 1.82) is 0 Å². The Balaban J connectivity index is 3.01. The molecule has 0 radical (unpaired) electrons. The van der Waals surface area contributed by atoms with Crippen LogP contribution in [0.2, 0.25) is 0 Å². The Bertz CT molecular complexity index is 513. The third-order valence-electron chi connectivity index (χ3n) is 4.09. The summed E-state index contributed by atoms with van der Waals surface area (Å²) >= 11 is 0. The molecule has 1 aromatic rings. The SMILES string of the molecule is CC(C)n1cccc1C(=O)NC(C)(C)C(C)(C)C(=O)O. The van der Waals surface area contributed by atoms with Gasteiger partial charge in [-0.15, -0.1) is 0 Å². The number of hydrogen-bond donors (Lipinski definition) is 2. The average molecular weight is 280 g/mol. The predicted molar refractivity (Wildman–Crippen MR) is 77.8 cm³/mol. The molecule has 20 heavy (non-hydrogen) atoms. The first-order valence-corrected chi connectivity index (χ1v) is 6.73. The van der Waals surface area contributed by atoms with Crippen molar-refractivity contribution in [2.24, 2.45) is 5.41 Å². The Morgan fingerprint density at radius 3 is 2.25 bits per heavy atom. The molecular weight excluding hydrogens is 256 g/mol. The van der Waals surface area contributed by atoms with Crippen LogP contribution in [-0.4, -0.2) is 27.1 Å². The Morgan fingerprint density at radius 1 is 1.25 bits per heavy atom. The molecule has 0 unspecified atom stereocenters. The number of amides is 1. The molecule has 2 N–H and O–H groups in total. The van der Waals surface area contributed by atoms with Crippen molar-refractivity contribution in [3.05, 3.63) is 24.0 Å². The van der Waals surface area contributed by atoms with Gasteiger partial charge in [0, 0.05) is 12.2 Å². The van der Waals surface area contributed by atoms with Crippen molar-refractivity contribution in [3.8, 4) is 0 Å². The minimum Gasteiger partial charge on any atom is -0.481 e. The van der Waals surface area contributed by atoms with Crippen molar-refractivity contribution in [3.63, 3.8) is 0 Å². The summed E-state index contributed by atoms with van der Waals surface area (Å²) < 4.78 is 1.86. The van der Waals surface area contributed by atoms with E-state index in [2.05, 4.69) is 5.32 Å². The number of carbonyl (C=O) groups is 2. The maximum absolute atomic E-state index is 12.4. The Labute approximate surface area is 120 Å². The molecule has 0 saturated heterocycles. The molecule has 0 aliphatic carbocycles. The number of carboxylic acid groups (broad SMARTS) is 1. The van der Waals surface area contributed by atoms with Crippen LogP contribution in [0.4, 0.5) is 0 Å². The molecule has 0 aromatic carbocycles. The molecule has 1 aromatic heterocycles. The molecule has 1 rings (SSSR count). The number of aliphatic carboxylic acids is 1. The van der Waals surface area contributed by atoms with Crippen LogP contribution in [0.3, 0.4) is 0 Å². The van der Waals surface area contributed by atoms with Gasteiger partial charge in [0.05, 0.1) is 11.0 Å². The Hall–Kier alpha value is -1.78. The van der Waals surface area contributed by atoms with E-state index in [9.17, 15) is 14.7 Å². The summed E-state index contributed by atoms with van der Waals surface area (Å²) in [6.07, 6.45) is 1.84. The number of rotatable bonds is 5. The van der Waals surface area contributed by atoms with Crippen LogP contribution in [0.25, 0.3) is 0 Å². The minimum absolute atomic E-state index is 0.168. The Kier molecular flexibility index (Phi) is 4.32. The molecule has 0 aliphatic heterocycles. The van der Waals surface area contributed by atoms with Gasteiger partial charge >= 0.3 is 5.97 Å². The van der Waals surface area contributed by atoms with Gasteiger partial charge in [-0.05, 0) is 53.7 Å². The summed E-state index contributed by atoms with van der Waals surface area (Å²) in [4.78, 5) is 23.7. The zero-order valence-electron chi connectivity index (χ0n) is 13.0. The molecule has 1 amide bonds. The van der Waals surface area contributed by atoms with E-state index in [4.69, 9.17) is 0 Å². The molecule has 5 heteroatoms. The summed E-state index contributed by atoms with van der Waals surface area (Å²) in [5, 5.41) is 12.1. The van der Waals surface area contributed by atoms with Crippen LogP contribution in [0, 0.1) is 5.41 Å². The lowest BCUT2D eigenvalue weighted by molar-refractivity contribution is -0.150. The molecule has 1 heterocycles. The van der Waals surface area contributed by atoms with Crippen LogP contribution in [0.15, 0.2) is 18.3 Å². The molecular formula is C15H24N2O3. The summed E-state index contributed by atoms with van der Waals surface area (Å²) in [5.74, 6) is -1.20. The van der Waals surface area contributed by atoms with Crippen LogP contribution in [0.1, 0.15) is 58.1 Å². The van der Waals surface area contributed by atoms with E-state index in [1.165, 1.54) is 0 Å². The number of nitrogens with zero attached hydrogens (tertiary/aromatic N) is 1. The summed E-state index contributed by atoms with van der Waals surface area (Å²) in [5.41, 5.74) is -1.41. The van der Waals surface area contributed by atoms with E-state index >= 15 is 0 Å². The van der Waals surface area contributed by atoms with Gasteiger partial charge in [-0.2, -0.15) is 0 Å². The van der Waals surface area contributed by atoms with Gasteiger partial charge in [0.1, 0.15) is 5.69 Å². The quantitative estimate of drug-likeness (QED) is 0.871. The summed E-state index contributed by atoms with van der Waals surface area (Å²) in [7, 11) is 0. The summed E-state index contributed by atoms with van der Waals surface area (Å²) in [6.45, 7) is 10.6. The number of nitrogens with one attached hydrogen (secondary N) is 1. The highest BCUT2D eigenvalue weighted by molar-refractivity contribution is 5.94. The van der Waals surface area contributed by atoms with Gasteiger partial charge in [-0.3, -0.25) is 9.59 Å². The predicted octanol–water partition coefficient (Wildman–Crippen LogP) is 2.69. The van der Waals surface area contributed by atoms with E-state index in [0.717, 1.165) is 0 Å². The topological polar surface area (TPSA) is 71.3 Å². The average Bonchev–Trinajstić information content (AvgIpc) is 2.76. The molecule has 0 saturated carbocycles. The van der Waals surface area contributed by atoms with Crippen LogP contribution < -0.4 is 5.32 Å². The highest BCUT2D eigenvalue weighted by Crippen LogP contribution is 2.31. The summed E-state index contributed by atoms with van der Waals surface area (Å²) in [6, 6.07) is 3.71. The number of aromatic nitrogens is 1. The first-order chi connectivity index (χ1) is 9.00. The van der Waals surface area contributed by atoms with Crippen molar-refractivity contribution in [2.75, 3.05) is 0 Å².